The highest BCUT2D eigenvalue weighted by Crippen LogP contribution is 2.38. The van der Waals surface area contributed by atoms with Crippen molar-refractivity contribution in [3.8, 4) is 5.13 Å². The molecule has 0 saturated carbocycles. The van der Waals surface area contributed by atoms with Crippen molar-refractivity contribution in [3.63, 3.8) is 0 Å². The molecule has 0 spiro atoms. The van der Waals surface area contributed by atoms with Gasteiger partial charge in [-0.1, -0.05) is 38.2 Å². The van der Waals surface area contributed by atoms with Gasteiger partial charge in [0.25, 0.3) is 5.91 Å². The average Bonchev–Trinajstić information content (AvgIpc) is 3.29. The van der Waals surface area contributed by atoms with Crippen LogP contribution in [0.25, 0.3) is 5.13 Å². The molecule has 1 atom stereocenters. The average molecular weight is 407 g/mol. The summed E-state index contributed by atoms with van der Waals surface area (Å²) in [5.41, 5.74) is 2.84. The highest BCUT2D eigenvalue weighted by Gasteiger charge is 2.32. The van der Waals surface area contributed by atoms with Gasteiger partial charge in [-0.3, -0.25) is 9.59 Å². The smallest absolute Gasteiger partial charge is 0.289 e. The summed E-state index contributed by atoms with van der Waals surface area (Å²) in [6.07, 6.45) is 11.1. The van der Waals surface area contributed by atoms with E-state index in [4.69, 9.17) is 0 Å². The van der Waals surface area contributed by atoms with Gasteiger partial charge in [-0.15, -0.1) is 0 Å². The lowest BCUT2D eigenvalue weighted by Gasteiger charge is -2.34. The number of nitrogens with zero attached hydrogens (tertiary/aromatic N) is 3. The fourth-order valence-electron chi connectivity index (χ4n) is 3.46. The molecule has 148 valence electrons. The first-order valence-electron chi connectivity index (χ1n) is 9.39. The molecule has 2 amide bonds. The van der Waals surface area contributed by atoms with Crippen LogP contribution in [0, 0.1) is 18.3 Å². The van der Waals surface area contributed by atoms with Crippen molar-refractivity contribution in [2.75, 3.05) is 0 Å². The van der Waals surface area contributed by atoms with Crippen molar-refractivity contribution in [3.05, 3.63) is 70.7 Å². The third kappa shape index (κ3) is 3.78. The predicted octanol–water partition coefficient (Wildman–Crippen LogP) is 4.00. The molecule has 1 aliphatic carbocycles. The van der Waals surface area contributed by atoms with Crippen LogP contribution in [0.1, 0.15) is 36.1 Å². The van der Waals surface area contributed by atoms with Gasteiger partial charge in [0.05, 0.1) is 11.4 Å². The van der Waals surface area contributed by atoms with Gasteiger partial charge < -0.3 is 9.88 Å². The lowest BCUT2D eigenvalue weighted by molar-refractivity contribution is -0.116. The molecule has 0 aromatic carbocycles. The van der Waals surface area contributed by atoms with E-state index in [1.54, 1.807) is 12.2 Å². The Morgan fingerprint density at radius 3 is 2.66 bits per heavy atom. The number of rotatable bonds is 2. The Hall–Kier alpha value is -3.06. The van der Waals surface area contributed by atoms with Crippen molar-refractivity contribution in [1.82, 2.24) is 14.9 Å². The standard InChI is InChI=1S/C22H22N4O2S/c1-13-19(29-21(23-13)26-9-5-6-10-26)20(28)24-14-7-8-15-16(22(2,3)4)12-18(27)25-17(15)11-14/h5-12,15H,1-4H3,(H,25,27). The van der Waals surface area contributed by atoms with E-state index in [9.17, 15) is 9.59 Å². The molecule has 2 aromatic rings. The maximum atomic E-state index is 12.8. The molecule has 2 aliphatic rings. The molecule has 0 saturated heterocycles. The first kappa shape index (κ1) is 19.3. The second kappa shape index (κ2) is 7.08. The third-order valence-corrected chi connectivity index (χ3v) is 6.05. The number of hydrogen-bond donors (Lipinski definition) is 1. The van der Waals surface area contributed by atoms with Gasteiger partial charge in [-0.2, -0.15) is 0 Å². The summed E-state index contributed by atoms with van der Waals surface area (Å²) in [4.78, 5) is 34.1. The van der Waals surface area contributed by atoms with E-state index in [2.05, 4.69) is 36.1 Å². The van der Waals surface area contributed by atoms with Crippen molar-refractivity contribution >= 4 is 28.9 Å². The number of carbonyl (C=O) groups excluding carboxylic acids is 2. The van der Waals surface area contributed by atoms with E-state index in [1.165, 1.54) is 11.3 Å². The van der Waals surface area contributed by atoms with Crippen LogP contribution < -0.4 is 5.32 Å². The van der Waals surface area contributed by atoms with Crippen LogP contribution in [0.2, 0.25) is 0 Å². The number of nitrogens with one attached hydrogen (secondary N) is 1. The molecule has 29 heavy (non-hydrogen) atoms. The van der Waals surface area contributed by atoms with Gasteiger partial charge in [0.1, 0.15) is 4.88 Å². The van der Waals surface area contributed by atoms with E-state index in [0.29, 0.717) is 16.3 Å². The molecule has 2 aromatic heterocycles. The highest BCUT2D eigenvalue weighted by molar-refractivity contribution is 7.16. The highest BCUT2D eigenvalue weighted by atomic mass is 32.1. The van der Waals surface area contributed by atoms with E-state index in [0.717, 1.165) is 16.4 Å². The van der Waals surface area contributed by atoms with E-state index < -0.39 is 0 Å². The third-order valence-electron chi connectivity index (χ3n) is 4.89. The maximum Gasteiger partial charge on any atom is 0.289 e. The number of carbonyl (C=O) groups is 2. The van der Waals surface area contributed by atoms with Crippen molar-refractivity contribution in [1.29, 1.82) is 0 Å². The summed E-state index contributed by atoms with van der Waals surface area (Å²) in [5, 5.41) is 3.62. The number of allylic oxidation sites excluding steroid dienone is 3. The number of thiazole rings is 1. The van der Waals surface area contributed by atoms with E-state index in [-0.39, 0.29) is 23.1 Å². The summed E-state index contributed by atoms with van der Waals surface area (Å²) in [5.74, 6) is -0.484. The van der Waals surface area contributed by atoms with Gasteiger partial charge in [-0.25, -0.2) is 9.98 Å². The predicted molar refractivity (Wildman–Crippen MR) is 114 cm³/mol. The van der Waals surface area contributed by atoms with Gasteiger partial charge >= 0.3 is 0 Å². The minimum absolute atomic E-state index is 0.00719. The summed E-state index contributed by atoms with van der Waals surface area (Å²) in [6, 6.07) is 3.82. The van der Waals surface area contributed by atoms with Crippen LogP contribution in [0.3, 0.4) is 0 Å². The molecule has 7 heteroatoms. The number of aryl methyl sites for hydroxylation is 1. The zero-order valence-electron chi connectivity index (χ0n) is 16.8. The maximum absolute atomic E-state index is 12.8. The van der Waals surface area contributed by atoms with Crippen molar-refractivity contribution in [2.45, 2.75) is 27.7 Å². The molecular formula is C22H22N4O2S. The second-order valence-corrected chi connectivity index (χ2v) is 9.10. The summed E-state index contributed by atoms with van der Waals surface area (Å²) >= 11 is 1.31. The minimum atomic E-state index is -0.331. The van der Waals surface area contributed by atoms with Crippen molar-refractivity contribution in [2.24, 2.45) is 16.3 Å². The molecule has 3 heterocycles. The Morgan fingerprint density at radius 1 is 1.24 bits per heavy atom. The van der Waals surface area contributed by atoms with Gasteiger partial charge in [0.2, 0.25) is 5.91 Å². The number of aliphatic imine (C=N–C) groups is 1. The quantitative estimate of drug-likeness (QED) is 0.819. The Balaban J connectivity index is 1.62. The number of amides is 2. The van der Waals surface area contributed by atoms with Crippen LogP contribution in [-0.2, 0) is 4.79 Å². The molecule has 1 unspecified atom stereocenters. The zero-order chi connectivity index (χ0) is 20.8. The first-order valence-corrected chi connectivity index (χ1v) is 10.2. The van der Waals surface area contributed by atoms with E-state index >= 15 is 0 Å². The van der Waals surface area contributed by atoms with Gasteiger partial charge in [-0.05, 0) is 42.2 Å². The number of aromatic nitrogens is 2. The normalized spacial score (nSPS) is 20.2. The lowest BCUT2D eigenvalue weighted by Crippen LogP contribution is -2.36. The fraction of sp³-hybridized carbons (Fsp3) is 0.273. The molecule has 1 aliphatic heterocycles. The second-order valence-electron chi connectivity index (χ2n) is 8.12. The zero-order valence-corrected chi connectivity index (χ0v) is 17.6. The Kier molecular flexibility index (Phi) is 4.70. The summed E-state index contributed by atoms with van der Waals surface area (Å²) in [6.45, 7) is 8.07. The number of fused-ring (bicyclic) bond motifs is 1. The van der Waals surface area contributed by atoms with Crippen molar-refractivity contribution < 1.29 is 9.59 Å². The first-order chi connectivity index (χ1) is 13.7. The molecule has 0 fully saturated rings. The monoisotopic (exact) mass is 406 g/mol. The van der Waals surface area contributed by atoms with Crippen LogP contribution in [0.15, 0.2) is 65.1 Å². The molecule has 0 bridgehead atoms. The molecule has 4 rings (SSSR count). The molecule has 1 N–H and O–H groups in total. The molecular weight excluding hydrogens is 384 g/mol. The summed E-state index contributed by atoms with van der Waals surface area (Å²) in [7, 11) is 0. The minimum Gasteiger partial charge on any atom is -0.325 e. The summed E-state index contributed by atoms with van der Waals surface area (Å²) < 4.78 is 1.87. The van der Waals surface area contributed by atoms with Gasteiger partial charge in [0.15, 0.2) is 5.13 Å². The SMILES string of the molecule is Cc1nc(-n2cccc2)sc1C(=O)N=C1C=CC2C(=C1)NC(=O)C=C2C(C)(C)C. The van der Waals surface area contributed by atoms with Crippen LogP contribution >= 0.6 is 11.3 Å². The fourth-order valence-corrected chi connectivity index (χ4v) is 4.38. The van der Waals surface area contributed by atoms with Crippen LogP contribution in [0.4, 0.5) is 0 Å². The Morgan fingerprint density at radius 2 is 1.97 bits per heavy atom. The Bertz CT molecular complexity index is 1110. The number of hydrogen-bond acceptors (Lipinski definition) is 4. The molecule has 0 radical (unpaired) electrons. The Labute approximate surface area is 173 Å². The van der Waals surface area contributed by atoms with Crippen LogP contribution in [-0.4, -0.2) is 27.1 Å². The molecule has 6 nitrogen and oxygen atoms in total. The lowest BCUT2D eigenvalue weighted by atomic mass is 9.74. The van der Waals surface area contributed by atoms with E-state index in [1.807, 2.05) is 48.2 Å². The largest absolute Gasteiger partial charge is 0.325 e. The van der Waals surface area contributed by atoms with Gasteiger partial charge in [0, 0.05) is 30.1 Å². The topological polar surface area (TPSA) is 76.3 Å². The van der Waals surface area contributed by atoms with Crippen LogP contribution in [0.5, 0.6) is 0 Å².